The lowest BCUT2D eigenvalue weighted by Gasteiger charge is -1.91. The normalized spacial score (nSPS) is 9.65. The number of anilines is 1. The zero-order valence-electron chi connectivity index (χ0n) is 10.1. The fraction of sp³-hybridized carbons (Fsp3) is 0.333. The topological polar surface area (TPSA) is 42.0 Å². The molecular weight excluding hydrogens is 239 g/mol. The summed E-state index contributed by atoms with van der Waals surface area (Å²) < 4.78 is 13.9. The molecule has 0 fully saturated rings. The van der Waals surface area contributed by atoms with Crippen molar-refractivity contribution in [2.45, 2.75) is 27.2 Å². The number of carbonyl (C=O) groups is 1. The zero-order valence-corrected chi connectivity index (χ0v) is 10.9. The van der Waals surface area contributed by atoms with Gasteiger partial charge in [0.15, 0.2) is 5.13 Å². The number of benzene rings is 1. The number of amides is 1. The molecule has 92 valence electrons. The van der Waals surface area contributed by atoms with Crippen molar-refractivity contribution in [3.63, 3.8) is 0 Å². The molecule has 1 N–H and O–H groups in total. The van der Waals surface area contributed by atoms with Crippen LogP contribution in [0.5, 0.6) is 0 Å². The van der Waals surface area contributed by atoms with E-state index in [0.29, 0.717) is 10.6 Å². The second kappa shape index (κ2) is 6.30. The molecule has 0 aliphatic heterocycles. The standard InChI is InChI=1S/C9H7FN2OS.C3H8/c1-5(13)11-9-12-8-6(10)3-2-4-7(8)14-9;1-3-2/h2-4H,1H3,(H,11,12,13);3H2,1-2H3. The SMILES string of the molecule is CC(=O)Nc1nc2c(F)cccc2s1.CCC. The van der Waals surface area contributed by atoms with Crippen molar-refractivity contribution in [1.29, 1.82) is 0 Å². The summed E-state index contributed by atoms with van der Waals surface area (Å²) in [5.74, 6) is -0.570. The maximum absolute atomic E-state index is 13.2. The Kier molecular flexibility index (Phi) is 5.03. The highest BCUT2D eigenvalue weighted by Crippen LogP contribution is 2.27. The number of hydrogen-bond acceptors (Lipinski definition) is 3. The lowest BCUT2D eigenvalue weighted by atomic mass is 10.3. The van der Waals surface area contributed by atoms with Gasteiger partial charge in [0.2, 0.25) is 5.91 Å². The van der Waals surface area contributed by atoms with Gasteiger partial charge in [-0.2, -0.15) is 0 Å². The van der Waals surface area contributed by atoms with Crippen molar-refractivity contribution in [1.82, 2.24) is 4.98 Å². The molecular formula is C12H15FN2OS. The zero-order chi connectivity index (χ0) is 12.8. The highest BCUT2D eigenvalue weighted by atomic mass is 32.1. The Bertz CT molecular complexity index is 510. The molecule has 5 heteroatoms. The Morgan fingerprint density at radius 1 is 1.47 bits per heavy atom. The fourth-order valence-electron chi connectivity index (χ4n) is 1.12. The van der Waals surface area contributed by atoms with Crippen LogP contribution in [0.3, 0.4) is 0 Å². The van der Waals surface area contributed by atoms with Crippen molar-refractivity contribution in [2.75, 3.05) is 5.32 Å². The average Bonchev–Trinajstić information content (AvgIpc) is 2.62. The monoisotopic (exact) mass is 254 g/mol. The number of hydrogen-bond donors (Lipinski definition) is 1. The van der Waals surface area contributed by atoms with Crippen LogP contribution in [0.1, 0.15) is 27.2 Å². The number of thiazole rings is 1. The number of fused-ring (bicyclic) bond motifs is 1. The molecule has 1 aromatic carbocycles. The van der Waals surface area contributed by atoms with Crippen LogP contribution in [0.15, 0.2) is 18.2 Å². The molecule has 2 aromatic rings. The van der Waals surface area contributed by atoms with Crippen molar-refractivity contribution in [3.05, 3.63) is 24.0 Å². The molecule has 0 aliphatic rings. The minimum absolute atomic E-state index is 0.204. The number of aromatic nitrogens is 1. The summed E-state index contributed by atoms with van der Waals surface area (Å²) in [7, 11) is 0. The summed E-state index contributed by atoms with van der Waals surface area (Å²) in [6.45, 7) is 5.64. The molecule has 3 nitrogen and oxygen atoms in total. The molecule has 1 heterocycles. The van der Waals surface area contributed by atoms with E-state index in [1.54, 1.807) is 12.1 Å². The molecule has 0 spiro atoms. The first-order chi connectivity index (χ1) is 8.08. The van der Waals surface area contributed by atoms with E-state index in [2.05, 4.69) is 24.1 Å². The van der Waals surface area contributed by atoms with Gasteiger partial charge in [0, 0.05) is 6.92 Å². The first-order valence-corrected chi connectivity index (χ1v) is 6.22. The summed E-state index contributed by atoms with van der Waals surface area (Å²) in [5, 5.41) is 2.95. The Labute approximate surface area is 104 Å². The van der Waals surface area contributed by atoms with Crippen LogP contribution < -0.4 is 5.32 Å². The van der Waals surface area contributed by atoms with E-state index in [0.717, 1.165) is 4.70 Å². The van der Waals surface area contributed by atoms with Gasteiger partial charge in [-0.3, -0.25) is 4.79 Å². The predicted molar refractivity (Wildman–Crippen MR) is 69.8 cm³/mol. The number of carbonyl (C=O) groups excluding carboxylic acids is 1. The van der Waals surface area contributed by atoms with Crippen molar-refractivity contribution in [2.24, 2.45) is 0 Å². The van der Waals surface area contributed by atoms with Crippen molar-refractivity contribution < 1.29 is 9.18 Å². The first-order valence-electron chi connectivity index (χ1n) is 5.41. The van der Waals surface area contributed by atoms with Gasteiger partial charge in [-0.15, -0.1) is 0 Å². The average molecular weight is 254 g/mol. The third kappa shape index (κ3) is 3.78. The van der Waals surface area contributed by atoms with Crippen LogP contribution in [0.25, 0.3) is 10.2 Å². The highest BCUT2D eigenvalue weighted by molar-refractivity contribution is 7.22. The van der Waals surface area contributed by atoms with E-state index in [9.17, 15) is 9.18 Å². The highest BCUT2D eigenvalue weighted by Gasteiger charge is 2.07. The molecule has 1 aromatic heterocycles. The van der Waals surface area contributed by atoms with Crippen LogP contribution >= 0.6 is 11.3 Å². The number of rotatable bonds is 1. The van der Waals surface area contributed by atoms with Gasteiger partial charge >= 0.3 is 0 Å². The van der Waals surface area contributed by atoms with Gasteiger partial charge in [-0.1, -0.05) is 37.7 Å². The van der Waals surface area contributed by atoms with Crippen LogP contribution in [0, 0.1) is 5.82 Å². The van der Waals surface area contributed by atoms with Gasteiger partial charge in [-0.05, 0) is 12.1 Å². The molecule has 0 radical (unpaired) electrons. The van der Waals surface area contributed by atoms with E-state index in [1.165, 1.54) is 30.7 Å². The lowest BCUT2D eigenvalue weighted by molar-refractivity contribution is -0.114. The maximum atomic E-state index is 13.2. The number of para-hydroxylation sites is 1. The quantitative estimate of drug-likeness (QED) is 0.840. The number of halogens is 1. The first kappa shape index (κ1) is 13.6. The lowest BCUT2D eigenvalue weighted by Crippen LogP contribution is -2.04. The van der Waals surface area contributed by atoms with Crippen molar-refractivity contribution in [3.8, 4) is 0 Å². The molecule has 0 saturated heterocycles. The molecule has 17 heavy (non-hydrogen) atoms. The predicted octanol–water partition coefficient (Wildman–Crippen LogP) is 3.81. The summed E-state index contributed by atoms with van der Waals surface area (Å²) in [6, 6.07) is 4.73. The van der Waals surface area contributed by atoms with E-state index in [1.807, 2.05) is 0 Å². The molecule has 0 bridgehead atoms. The summed E-state index contributed by atoms with van der Waals surface area (Å²) in [5.41, 5.74) is 0.307. The minimum atomic E-state index is -0.365. The largest absolute Gasteiger partial charge is 0.302 e. The van der Waals surface area contributed by atoms with Crippen LogP contribution in [0.4, 0.5) is 9.52 Å². The third-order valence-corrected chi connectivity index (χ3v) is 2.59. The minimum Gasteiger partial charge on any atom is -0.302 e. The number of nitrogens with one attached hydrogen (secondary N) is 1. The second-order valence-electron chi connectivity index (χ2n) is 3.49. The summed E-state index contributed by atoms with van der Waals surface area (Å²) in [4.78, 5) is 14.7. The van der Waals surface area contributed by atoms with Gasteiger partial charge < -0.3 is 5.32 Å². The molecule has 0 unspecified atom stereocenters. The number of nitrogens with zero attached hydrogens (tertiary/aromatic N) is 1. The van der Waals surface area contributed by atoms with Crippen molar-refractivity contribution >= 4 is 32.6 Å². The molecule has 1 amide bonds. The third-order valence-electron chi connectivity index (χ3n) is 1.65. The van der Waals surface area contributed by atoms with Crippen LogP contribution in [-0.4, -0.2) is 10.9 Å². The van der Waals surface area contributed by atoms with Gasteiger partial charge in [-0.25, -0.2) is 9.37 Å². The van der Waals surface area contributed by atoms with Gasteiger partial charge in [0.05, 0.1) is 4.70 Å². The molecule has 2 rings (SSSR count). The Hall–Kier alpha value is -1.49. The molecule has 0 atom stereocenters. The van der Waals surface area contributed by atoms with Gasteiger partial charge in [0.1, 0.15) is 11.3 Å². The Balaban J connectivity index is 0.000000437. The van der Waals surface area contributed by atoms with Crippen LogP contribution in [-0.2, 0) is 4.79 Å². The Morgan fingerprint density at radius 3 is 2.65 bits per heavy atom. The summed E-state index contributed by atoms with van der Waals surface area (Å²) in [6.07, 6.45) is 1.25. The fourth-order valence-corrected chi connectivity index (χ4v) is 2.05. The van der Waals surface area contributed by atoms with E-state index < -0.39 is 0 Å². The van der Waals surface area contributed by atoms with E-state index >= 15 is 0 Å². The second-order valence-corrected chi connectivity index (χ2v) is 4.52. The maximum Gasteiger partial charge on any atom is 0.223 e. The van der Waals surface area contributed by atoms with Crippen LogP contribution in [0.2, 0.25) is 0 Å². The van der Waals surface area contributed by atoms with E-state index in [4.69, 9.17) is 0 Å². The van der Waals surface area contributed by atoms with E-state index in [-0.39, 0.29) is 11.7 Å². The van der Waals surface area contributed by atoms with Gasteiger partial charge in [0.25, 0.3) is 0 Å². The summed E-state index contributed by atoms with van der Waals surface area (Å²) >= 11 is 1.26. The Morgan fingerprint density at radius 2 is 2.12 bits per heavy atom. The molecule has 0 saturated carbocycles. The smallest absolute Gasteiger partial charge is 0.223 e. The molecule has 0 aliphatic carbocycles.